The molecule has 5 nitrogen and oxygen atoms in total. The van der Waals surface area contributed by atoms with Gasteiger partial charge in [-0.2, -0.15) is 0 Å². The molecule has 5 heteroatoms. The normalized spacial score (nSPS) is 25.4. The van der Waals surface area contributed by atoms with E-state index < -0.39 is 0 Å². The van der Waals surface area contributed by atoms with Crippen LogP contribution in [0.15, 0.2) is 0 Å². The first-order valence-electron chi connectivity index (χ1n) is 8.11. The maximum absolute atomic E-state index is 12.6. The van der Waals surface area contributed by atoms with Crippen LogP contribution in [0.4, 0.5) is 0 Å². The van der Waals surface area contributed by atoms with Gasteiger partial charge in [-0.25, -0.2) is 0 Å². The first kappa shape index (κ1) is 15.7. The van der Waals surface area contributed by atoms with Gasteiger partial charge in [-0.3, -0.25) is 14.6 Å². The molecule has 2 atom stereocenters. The van der Waals surface area contributed by atoms with Crippen molar-refractivity contribution in [3.63, 3.8) is 0 Å². The predicted octanol–water partition coefficient (Wildman–Crippen LogP) is 0.223. The molecule has 0 spiro atoms. The van der Waals surface area contributed by atoms with Crippen molar-refractivity contribution in [3.05, 3.63) is 0 Å². The van der Waals surface area contributed by atoms with E-state index >= 15 is 0 Å². The van der Waals surface area contributed by atoms with Gasteiger partial charge >= 0.3 is 0 Å². The van der Waals surface area contributed by atoms with Crippen LogP contribution in [0.5, 0.6) is 0 Å². The first-order valence-corrected chi connectivity index (χ1v) is 8.11. The highest BCUT2D eigenvalue weighted by atomic mass is 16.2. The van der Waals surface area contributed by atoms with E-state index in [1.54, 1.807) is 0 Å². The van der Waals surface area contributed by atoms with Gasteiger partial charge in [0.25, 0.3) is 0 Å². The molecule has 2 rings (SSSR count). The second kappa shape index (κ2) is 7.38. The van der Waals surface area contributed by atoms with Gasteiger partial charge in [-0.1, -0.05) is 6.92 Å². The van der Waals surface area contributed by atoms with Gasteiger partial charge in [-0.05, 0) is 20.3 Å². The van der Waals surface area contributed by atoms with E-state index in [0.29, 0.717) is 11.9 Å². The van der Waals surface area contributed by atoms with Crippen LogP contribution in [-0.2, 0) is 4.79 Å². The maximum atomic E-state index is 12.6. The molecule has 0 aliphatic carbocycles. The molecule has 0 radical (unpaired) electrons. The summed E-state index contributed by atoms with van der Waals surface area (Å²) in [5.74, 6) is 0.315. The minimum Gasteiger partial charge on any atom is -0.339 e. The third-order valence-corrected chi connectivity index (χ3v) is 4.90. The Morgan fingerprint density at radius 1 is 1.00 bits per heavy atom. The number of amides is 1. The predicted molar refractivity (Wildman–Crippen MR) is 81.8 cm³/mol. The first-order chi connectivity index (χ1) is 9.63. The Morgan fingerprint density at radius 3 is 2.15 bits per heavy atom. The molecule has 0 aromatic heterocycles. The zero-order valence-corrected chi connectivity index (χ0v) is 13.3. The van der Waals surface area contributed by atoms with Crippen LogP contribution in [-0.4, -0.2) is 85.0 Å². The lowest BCUT2D eigenvalue weighted by molar-refractivity contribution is -0.138. The molecule has 1 N–H and O–H groups in total. The van der Waals surface area contributed by atoms with Crippen LogP contribution < -0.4 is 5.32 Å². The van der Waals surface area contributed by atoms with Gasteiger partial charge in [-0.15, -0.1) is 0 Å². The lowest BCUT2D eigenvalue weighted by atomic mass is 10.1. The zero-order chi connectivity index (χ0) is 14.5. The summed E-state index contributed by atoms with van der Waals surface area (Å²) in [5, 5.41) is 3.34. The summed E-state index contributed by atoms with van der Waals surface area (Å²) in [4.78, 5) is 19.5. The molecule has 2 unspecified atom stereocenters. The monoisotopic (exact) mass is 282 g/mol. The van der Waals surface area contributed by atoms with Crippen LogP contribution in [0, 0.1) is 0 Å². The number of hydrogen-bond acceptors (Lipinski definition) is 4. The molecule has 2 saturated heterocycles. The fraction of sp³-hybridized carbons (Fsp3) is 0.933. The summed E-state index contributed by atoms with van der Waals surface area (Å²) >= 11 is 0. The fourth-order valence-electron chi connectivity index (χ4n) is 3.13. The van der Waals surface area contributed by atoms with Crippen LogP contribution in [0.3, 0.4) is 0 Å². The molecule has 0 aromatic rings. The molecule has 2 heterocycles. The van der Waals surface area contributed by atoms with Crippen molar-refractivity contribution in [1.82, 2.24) is 20.0 Å². The van der Waals surface area contributed by atoms with Crippen LogP contribution >= 0.6 is 0 Å². The van der Waals surface area contributed by atoms with E-state index in [1.165, 1.54) is 6.42 Å². The minimum atomic E-state index is 0.0345. The molecule has 0 bridgehead atoms. The van der Waals surface area contributed by atoms with Gasteiger partial charge in [0.15, 0.2) is 0 Å². The molecule has 1 amide bonds. The van der Waals surface area contributed by atoms with Crippen LogP contribution in [0.25, 0.3) is 0 Å². The number of carbonyl (C=O) groups is 1. The molecular formula is C15H30N4O. The summed E-state index contributed by atoms with van der Waals surface area (Å²) in [5.41, 5.74) is 0. The summed E-state index contributed by atoms with van der Waals surface area (Å²) < 4.78 is 0. The quantitative estimate of drug-likeness (QED) is 0.801. The van der Waals surface area contributed by atoms with Crippen molar-refractivity contribution in [2.24, 2.45) is 0 Å². The third kappa shape index (κ3) is 3.71. The number of hydrogen-bond donors (Lipinski definition) is 1. The van der Waals surface area contributed by atoms with E-state index in [9.17, 15) is 4.79 Å². The Labute approximate surface area is 123 Å². The number of nitrogens with one attached hydrogen (secondary N) is 1. The highest BCUT2D eigenvalue weighted by Gasteiger charge is 2.29. The topological polar surface area (TPSA) is 38.8 Å². The second-order valence-electron chi connectivity index (χ2n) is 6.08. The smallest absolute Gasteiger partial charge is 0.239 e. The van der Waals surface area contributed by atoms with E-state index in [-0.39, 0.29) is 6.04 Å². The van der Waals surface area contributed by atoms with Gasteiger partial charge in [0.2, 0.25) is 5.91 Å². The summed E-state index contributed by atoms with van der Waals surface area (Å²) in [6.45, 7) is 14.4. The highest BCUT2D eigenvalue weighted by Crippen LogP contribution is 2.12. The Balaban J connectivity index is 1.81. The minimum absolute atomic E-state index is 0.0345. The molecule has 116 valence electrons. The Kier molecular flexibility index (Phi) is 5.81. The number of rotatable bonds is 4. The lowest BCUT2D eigenvalue weighted by Gasteiger charge is -2.40. The molecule has 2 aliphatic rings. The van der Waals surface area contributed by atoms with Gasteiger partial charge in [0.1, 0.15) is 0 Å². The average Bonchev–Trinajstić information content (AvgIpc) is 2.53. The standard InChI is InChI=1S/C15H30N4O/c1-4-13(2)17-9-11-19(12-10-17)15(20)14(3)18-7-5-16-6-8-18/h13-14,16H,4-12H2,1-3H3. The number of piperazine rings is 2. The molecule has 0 saturated carbocycles. The summed E-state index contributed by atoms with van der Waals surface area (Å²) in [6, 6.07) is 0.671. The summed E-state index contributed by atoms with van der Waals surface area (Å²) in [6.07, 6.45) is 1.19. The Bertz CT molecular complexity index is 309. The van der Waals surface area contributed by atoms with Gasteiger partial charge in [0, 0.05) is 58.4 Å². The van der Waals surface area contributed by atoms with Crippen molar-refractivity contribution in [3.8, 4) is 0 Å². The maximum Gasteiger partial charge on any atom is 0.239 e. The molecule has 20 heavy (non-hydrogen) atoms. The third-order valence-electron chi connectivity index (χ3n) is 4.90. The van der Waals surface area contributed by atoms with Crippen LogP contribution in [0.2, 0.25) is 0 Å². The Morgan fingerprint density at radius 2 is 1.60 bits per heavy atom. The number of carbonyl (C=O) groups excluding carboxylic acids is 1. The zero-order valence-electron chi connectivity index (χ0n) is 13.3. The van der Waals surface area contributed by atoms with Crippen molar-refractivity contribution < 1.29 is 4.79 Å². The fourth-order valence-corrected chi connectivity index (χ4v) is 3.13. The molecule has 2 aliphatic heterocycles. The highest BCUT2D eigenvalue weighted by molar-refractivity contribution is 5.81. The van der Waals surface area contributed by atoms with E-state index in [2.05, 4.69) is 40.8 Å². The van der Waals surface area contributed by atoms with E-state index in [0.717, 1.165) is 52.4 Å². The van der Waals surface area contributed by atoms with Crippen LogP contribution in [0.1, 0.15) is 27.2 Å². The molecular weight excluding hydrogens is 252 g/mol. The average molecular weight is 282 g/mol. The van der Waals surface area contributed by atoms with Crippen molar-refractivity contribution in [1.29, 1.82) is 0 Å². The second-order valence-corrected chi connectivity index (χ2v) is 6.08. The van der Waals surface area contributed by atoms with Crippen molar-refractivity contribution in [2.45, 2.75) is 39.3 Å². The van der Waals surface area contributed by atoms with Gasteiger partial charge < -0.3 is 10.2 Å². The number of nitrogens with zero attached hydrogens (tertiary/aromatic N) is 3. The summed E-state index contributed by atoms with van der Waals surface area (Å²) in [7, 11) is 0. The van der Waals surface area contributed by atoms with Crippen molar-refractivity contribution in [2.75, 3.05) is 52.4 Å². The Hall–Kier alpha value is -0.650. The lowest BCUT2D eigenvalue weighted by Crippen LogP contribution is -2.57. The SMILES string of the molecule is CCC(C)N1CCN(C(=O)C(C)N2CCNCC2)CC1. The molecule has 0 aromatic carbocycles. The van der Waals surface area contributed by atoms with Crippen molar-refractivity contribution >= 4 is 5.91 Å². The largest absolute Gasteiger partial charge is 0.339 e. The molecule has 2 fully saturated rings. The van der Waals surface area contributed by atoms with E-state index in [1.807, 2.05) is 0 Å². The van der Waals surface area contributed by atoms with E-state index in [4.69, 9.17) is 0 Å². The van der Waals surface area contributed by atoms with Gasteiger partial charge in [0.05, 0.1) is 6.04 Å².